The van der Waals surface area contributed by atoms with Crippen LogP contribution >= 0.6 is 11.6 Å². The van der Waals surface area contributed by atoms with Gasteiger partial charge in [0.1, 0.15) is 5.82 Å². The summed E-state index contributed by atoms with van der Waals surface area (Å²) in [5, 5.41) is 24.6. The SMILES string of the molecule is Cc1c(C(=O)Nc2ccc(Cl)cn2)cc([N+](=O)[O-])cc1[N+](=O)[O-]. The lowest BCUT2D eigenvalue weighted by molar-refractivity contribution is -0.394. The van der Waals surface area contributed by atoms with Crippen molar-refractivity contribution in [2.75, 3.05) is 5.32 Å². The van der Waals surface area contributed by atoms with Gasteiger partial charge in [0.25, 0.3) is 17.3 Å². The number of carbonyl (C=O) groups excluding carboxylic acids is 1. The maximum absolute atomic E-state index is 12.2. The summed E-state index contributed by atoms with van der Waals surface area (Å²) in [6, 6.07) is 4.72. The van der Waals surface area contributed by atoms with Crippen LogP contribution in [0.1, 0.15) is 15.9 Å². The van der Waals surface area contributed by atoms with Crippen LogP contribution < -0.4 is 5.32 Å². The van der Waals surface area contributed by atoms with E-state index in [1.807, 2.05) is 0 Å². The van der Waals surface area contributed by atoms with Crippen molar-refractivity contribution in [3.8, 4) is 0 Å². The van der Waals surface area contributed by atoms with Crippen molar-refractivity contribution < 1.29 is 14.6 Å². The molecule has 0 atom stereocenters. The molecule has 0 unspecified atom stereocenters. The third-order valence-electron chi connectivity index (χ3n) is 2.99. The fourth-order valence-corrected chi connectivity index (χ4v) is 1.96. The molecule has 0 fully saturated rings. The van der Waals surface area contributed by atoms with Crippen molar-refractivity contribution in [3.63, 3.8) is 0 Å². The monoisotopic (exact) mass is 336 g/mol. The Morgan fingerprint density at radius 2 is 1.91 bits per heavy atom. The van der Waals surface area contributed by atoms with E-state index in [1.54, 1.807) is 0 Å². The number of carbonyl (C=O) groups is 1. The van der Waals surface area contributed by atoms with Gasteiger partial charge in [0, 0.05) is 17.8 Å². The summed E-state index contributed by atoms with van der Waals surface area (Å²) in [7, 11) is 0. The molecule has 0 spiro atoms. The van der Waals surface area contributed by atoms with E-state index in [1.165, 1.54) is 25.3 Å². The number of nitro benzene ring substituents is 2. The number of rotatable bonds is 4. The summed E-state index contributed by atoms with van der Waals surface area (Å²) in [4.78, 5) is 36.4. The first kappa shape index (κ1) is 16.3. The summed E-state index contributed by atoms with van der Waals surface area (Å²) in [6.45, 7) is 1.34. The van der Waals surface area contributed by atoms with Crippen LogP contribution in [0.5, 0.6) is 0 Å². The second kappa shape index (κ2) is 6.36. The molecule has 2 rings (SSSR count). The Balaban J connectivity index is 2.44. The summed E-state index contributed by atoms with van der Waals surface area (Å²) < 4.78 is 0. The van der Waals surface area contributed by atoms with Crippen molar-refractivity contribution in [1.29, 1.82) is 0 Å². The van der Waals surface area contributed by atoms with Crippen molar-refractivity contribution >= 4 is 34.7 Å². The first-order valence-electron chi connectivity index (χ1n) is 6.16. The molecule has 9 nitrogen and oxygen atoms in total. The lowest BCUT2D eigenvalue weighted by Gasteiger charge is -2.07. The van der Waals surface area contributed by atoms with E-state index in [0.717, 1.165) is 12.1 Å². The number of hydrogen-bond acceptors (Lipinski definition) is 6. The Kier molecular flexibility index (Phi) is 4.51. The Bertz CT molecular complexity index is 807. The number of nitro groups is 2. The van der Waals surface area contributed by atoms with E-state index in [0.29, 0.717) is 5.02 Å². The molecule has 0 aliphatic heterocycles. The number of hydrogen-bond donors (Lipinski definition) is 1. The lowest BCUT2D eigenvalue weighted by Crippen LogP contribution is -2.15. The summed E-state index contributed by atoms with van der Waals surface area (Å²) in [6.07, 6.45) is 1.31. The van der Waals surface area contributed by atoms with E-state index in [9.17, 15) is 25.0 Å². The zero-order valence-electron chi connectivity index (χ0n) is 11.6. The molecule has 23 heavy (non-hydrogen) atoms. The minimum Gasteiger partial charge on any atom is -0.307 e. The molecule has 0 aliphatic carbocycles. The molecular weight excluding hydrogens is 328 g/mol. The highest BCUT2D eigenvalue weighted by molar-refractivity contribution is 6.30. The van der Waals surface area contributed by atoms with Gasteiger partial charge in [-0.15, -0.1) is 0 Å². The first-order valence-corrected chi connectivity index (χ1v) is 6.53. The number of nitrogens with zero attached hydrogens (tertiary/aromatic N) is 3. The molecule has 10 heteroatoms. The van der Waals surface area contributed by atoms with Gasteiger partial charge in [0.2, 0.25) is 0 Å². The topological polar surface area (TPSA) is 128 Å². The summed E-state index contributed by atoms with van der Waals surface area (Å²) in [5.74, 6) is -0.586. The minimum absolute atomic E-state index is 0.0204. The molecule has 0 saturated heterocycles. The van der Waals surface area contributed by atoms with Gasteiger partial charge >= 0.3 is 0 Å². The standard InChI is InChI=1S/C13H9ClN4O5/c1-7-10(4-9(17(20)21)5-11(7)18(22)23)13(19)16-12-3-2-8(14)6-15-12/h2-6H,1H3,(H,15,16,19). The minimum atomic E-state index is -0.802. The Hall–Kier alpha value is -3.07. The van der Waals surface area contributed by atoms with Crippen molar-refractivity contribution in [2.45, 2.75) is 6.92 Å². The van der Waals surface area contributed by atoms with Crippen LogP contribution in [-0.4, -0.2) is 20.7 Å². The number of pyridine rings is 1. The third kappa shape index (κ3) is 3.58. The van der Waals surface area contributed by atoms with E-state index < -0.39 is 27.1 Å². The number of benzene rings is 1. The highest BCUT2D eigenvalue weighted by atomic mass is 35.5. The van der Waals surface area contributed by atoms with Crippen LogP contribution in [-0.2, 0) is 0 Å². The molecule has 1 amide bonds. The first-order chi connectivity index (χ1) is 10.8. The van der Waals surface area contributed by atoms with E-state index in [-0.39, 0.29) is 16.9 Å². The molecule has 2 aromatic rings. The molecule has 1 aromatic carbocycles. The molecule has 1 N–H and O–H groups in total. The average molecular weight is 337 g/mol. The predicted octanol–water partition coefficient (Wildman–Crippen LogP) is 3.11. The van der Waals surface area contributed by atoms with Crippen LogP contribution in [0.25, 0.3) is 0 Å². The molecule has 1 heterocycles. The fourth-order valence-electron chi connectivity index (χ4n) is 1.85. The number of nitrogens with one attached hydrogen (secondary N) is 1. The maximum Gasteiger partial charge on any atom is 0.279 e. The van der Waals surface area contributed by atoms with Gasteiger partial charge in [-0.25, -0.2) is 4.98 Å². The molecular formula is C13H9ClN4O5. The van der Waals surface area contributed by atoms with Crippen LogP contribution in [0.2, 0.25) is 5.02 Å². The number of aromatic nitrogens is 1. The fraction of sp³-hybridized carbons (Fsp3) is 0.0769. The van der Waals surface area contributed by atoms with Gasteiger partial charge < -0.3 is 5.32 Å². The highest BCUT2D eigenvalue weighted by Gasteiger charge is 2.24. The average Bonchev–Trinajstić information content (AvgIpc) is 2.49. The van der Waals surface area contributed by atoms with Gasteiger partial charge in [0.05, 0.1) is 26.5 Å². The highest BCUT2D eigenvalue weighted by Crippen LogP contribution is 2.28. The van der Waals surface area contributed by atoms with Crippen molar-refractivity contribution in [2.24, 2.45) is 0 Å². The van der Waals surface area contributed by atoms with Crippen LogP contribution in [0.4, 0.5) is 17.2 Å². The number of amides is 1. The Morgan fingerprint density at radius 1 is 1.22 bits per heavy atom. The number of anilines is 1. The maximum atomic E-state index is 12.2. The normalized spacial score (nSPS) is 10.2. The third-order valence-corrected chi connectivity index (χ3v) is 3.21. The van der Waals surface area contributed by atoms with Gasteiger partial charge in [-0.1, -0.05) is 11.6 Å². The van der Waals surface area contributed by atoms with E-state index in [2.05, 4.69) is 10.3 Å². The van der Waals surface area contributed by atoms with Crippen LogP contribution in [0.15, 0.2) is 30.5 Å². The second-order valence-corrected chi connectivity index (χ2v) is 4.90. The zero-order chi connectivity index (χ0) is 17.1. The van der Waals surface area contributed by atoms with Crippen LogP contribution in [0, 0.1) is 27.2 Å². The smallest absolute Gasteiger partial charge is 0.279 e. The largest absolute Gasteiger partial charge is 0.307 e. The summed E-state index contributed by atoms with van der Waals surface area (Å²) in [5.41, 5.74) is -1.21. The van der Waals surface area contributed by atoms with Gasteiger partial charge in [0.15, 0.2) is 0 Å². The van der Waals surface area contributed by atoms with E-state index in [4.69, 9.17) is 11.6 Å². The van der Waals surface area contributed by atoms with E-state index >= 15 is 0 Å². The van der Waals surface area contributed by atoms with Gasteiger partial charge in [-0.05, 0) is 19.1 Å². The second-order valence-electron chi connectivity index (χ2n) is 4.47. The Morgan fingerprint density at radius 3 is 2.43 bits per heavy atom. The zero-order valence-corrected chi connectivity index (χ0v) is 12.4. The molecule has 1 aromatic heterocycles. The molecule has 0 radical (unpaired) electrons. The lowest BCUT2D eigenvalue weighted by atomic mass is 10.0. The molecule has 0 bridgehead atoms. The Labute approximate surface area is 134 Å². The van der Waals surface area contributed by atoms with Crippen molar-refractivity contribution in [1.82, 2.24) is 4.98 Å². The quantitative estimate of drug-likeness (QED) is 0.674. The molecule has 0 aliphatic rings. The van der Waals surface area contributed by atoms with Gasteiger partial charge in [-0.2, -0.15) is 0 Å². The molecule has 0 saturated carbocycles. The number of halogens is 1. The predicted molar refractivity (Wildman–Crippen MR) is 81.7 cm³/mol. The van der Waals surface area contributed by atoms with Crippen LogP contribution in [0.3, 0.4) is 0 Å². The number of non-ortho nitro benzene ring substituents is 1. The molecule has 118 valence electrons. The summed E-state index contributed by atoms with van der Waals surface area (Å²) >= 11 is 5.68. The van der Waals surface area contributed by atoms with Crippen molar-refractivity contribution in [3.05, 3.63) is 66.8 Å². The van der Waals surface area contributed by atoms with Gasteiger partial charge in [-0.3, -0.25) is 25.0 Å².